The Labute approximate surface area is 217 Å². The predicted molar refractivity (Wildman–Crippen MR) is 146 cm³/mol. The molecule has 0 saturated carbocycles. The summed E-state index contributed by atoms with van der Waals surface area (Å²) >= 11 is 0. The van der Waals surface area contributed by atoms with Crippen LogP contribution in [0.5, 0.6) is 0 Å². The van der Waals surface area contributed by atoms with Gasteiger partial charge >= 0.3 is 0 Å². The van der Waals surface area contributed by atoms with Crippen molar-refractivity contribution in [3.05, 3.63) is 77.6 Å². The maximum absolute atomic E-state index is 4.99. The van der Waals surface area contributed by atoms with Crippen LogP contribution in [-0.2, 0) is 12.8 Å². The van der Waals surface area contributed by atoms with E-state index in [1.54, 1.807) is 0 Å². The van der Waals surface area contributed by atoms with E-state index in [2.05, 4.69) is 81.7 Å². The first kappa shape index (κ1) is 25.3. The van der Waals surface area contributed by atoms with Gasteiger partial charge in [-0.2, -0.15) is 14.8 Å². The largest absolute Gasteiger partial charge is 0.357 e. The van der Waals surface area contributed by atoms with Gasteiger partial charge in [0.25, 0.3) is 0 Å². The molecule has 0 spiro atoms. The molecule has 0 radical (unpaired) electrons. The summed E-state index contributed by atoms with van der Waals surface area (Å²) < 4.78 is 2.00. The zero-order valence-electron chi connectivity index (χ0n) is 20.8. The number of halogens is 1. The number of hydrogen-bond donors (Lipinski definition) is 1. The van der Waals surface area contributed by atoms with Gasteiger partial charge in [0, 0.05) is 36.7 Å². The second-order valence-corrected chi connectivity index (χ2v) is 8.54. The van der Waals surface area contributed by atoms with Crippen molar-refractivity contribution in [2.24, 2.45) is 0 Å². The minimum Gasteiger partial charge on any atom is -0.357 e. The van der Waals surface area contributed by atoms with Crippen LogP contribution in [0.25, 0.3) is 28.2 Å². The fourth-order valence-corrected chi connectivity index (χ4v) is 4.69. The summed E-state index contributed by atoms with van der Waals surface area (Å²) in [6, 6.07) is 18.9. The van der Waals surface area contributed by atoms with Crippen molar-refractivity contribution in [1.29, 1.82) is 0 Å². The third kappa shape index (κ3) is 4.81. The van der Waals surface area contributed by atoms with Gasteiger partial charge in [-0.1, -0.05) is 61.9 Å². The Balaban J connectivity index is 0.00000304. The van der Waals surface area contributed by atoms with Gasteiger partial charge in [-0.05, 0) is 42.2 Å². The number of rotatable bonds is 9. The molecule has 0 bridgehead atoms. The number of H-pyrrole nitrogens is 1. The fourth-order valence-electron chi connectivity index (χ4n) is 4.69. The van der Waals surface area contributed by atoms with E-state index in [0.717, 1.165) is 66.2 Å². The first-order valence-corrected chi connectivity index (χ1v) is 12.3. The Morgan fingerprint density at radius 1 is 0.917 bits per heavy atom. The molecule has 0 saturated heterocycles. The zero-order chi connectivity index (χ0) is 24.2. The third-order valence-electron chi connectivity index (χ3n) is 6.40. The van der Waals surface area contributed by atoms with Crippen LogP contribution < -0.4 is 4.90 Å². The van der Waals surface area contributed by atoms with Crippen molar-refractivity contribution in [2.45, 2.75) is 40.0 Å². The average Bonchev–Trinajstić information content (AvgIpc) is 3.59. The molecule has 0 fully saturated rings. The van der Waals surface area contributed by atoms with Crippen LogP contribution >= 0.6 is 12.4 Å². The van der Waals surface area contributed by atoms with Crippen LogP contribution in [-0.4, -0.2) is 48.3 Å². The highest BCUT2D eigenvalue weighted by Gasteiger charge is 2.20. The van der Waals surface area contributed by atoms with Crippen molar-refractivity contribution in [1.82, 2.24) is 35.2 Å². The average molecular weight is 503 g/mol. The number of aryl methyl sites for hydroxylation is 1. The summed E-state index contributed by atoms with van der Waals surface area (Å²) in [5, 5.41) is 19.2. The number of nitrogens with one attached hydrogen (secondary N) is 1. The lowest BCUT2D eigenvalue weighted by Crippen LogP contribution is -2.27. The highest BCUT2D eigenvalue weighted by molar-refractivity contribution is 5.85. The molecule has 0 atom stereocenters. The smallest absolute Gasteiger partial charge is 0.205 e. The highest BCUT2D eigenvalue weighted by Crippen LogP contribution is 2.31. The van der Waals surface area contributed by atoms with Crippen LogP contribution in [0.15, 0.2) is 60.8 Å². The van der Waals surface area contributed by atoms with Crippen molar-refractivity contribution < 1.29 is 0 Å². The molecule has 0 aliphatic heterocycles. The van der Waals surface area contributed by atoms with Gasteiger partial charge in [0.15, 0.2) is 5.65 Å². The summed E-state index contributed by atoms with van der Waals surface area (Å²) in [6.07, 6.45) is 4.64. The standard InChI is InChI=1S/C27H30N8.ClH/c1-4-9-24-23(27(34(5-2)6-3)35-25(29-24)16-17-28-35)18-19-12-14-20(15-13-19)21-10-7-8-11-22(21)26-30-32-33-31-26;/h7-8,10-17H,4-6,9,18H2,1-3H3,(H,30,31,32,33);1H. The molecule has 3 heterocycles. The zero-order valence-corrected chi connectivity index (χ0v) is 21.7. The molecule has 1 N–H and O–H groups in total. The number of tetrazole rings is 1. The molecular weight excluding hydrogens is 472 g/mol. The molecule has 0 unspecified atom stereocenters. The van der Waals surface area contributed by atoms with Gasteiger partial charge < -0.3 is 4.90 Å². The van der Waals surface area contributed by atoms with Gasteiger partial charge in [-0.3, -0.25) is 0 Å². The van der Waals surface area contributed by atoms with E-state index in [1.807, 2.05) is 35.0 Å². The molecule has 0 aliphatic carbocycles. The van der Waals surface area contributed by atoms with Gasteiger partial charge in [-0.15, -0.1) is 22.6 Å². The number of aromatic amines is 1. The van der Waals surface area contributed by atoms with E-state index < -0.39 is 0 Å². The van der Waals surface area contributed by atoms with Crippen molar-refractivity contribution in [3.63, 3.8) is 0 Å². The first-order chi connectivity index (χ1) is 17.2. The number of hydrogen-bond acceptors (Lipinski definition) is 6. The third-order valence-corrected chi connectivity index (χ3v) is 6.40. The van der Waals surface area contributed by atoms with Crippen LogP contribution in [0.4, 0.5) is 5.82 Å². The molecular formula is C27H31ClN8. The van der Waals surface area contributed by atoms with E-state index in [0.29, 0.717) is 5.82 Å². The van der Waals surface area contributed by atoms with Crippen molar-refractivity contribution in [2.75, 3.05) is 18.0 Å². The van der Waals surface area contributed by atoms with Gasteiger partial charge in [-0.25, -0.2) is 4.98 Å². The Morgan fingerprint density at radius 2 is 1.67 bits per heavy atom. The monoisotopic (exact) mass is 502 g/mol. The SMILES string of the molecule is CCCc1nc2ccnn2c(N(CC)CC)c1Cc1ccc(-c2ccccc2-c2nn[nH]n2)cc1.Cl. The Hall–Kier alpha value is -3.78. The van der Waals surface area contributed by atoms with E-state index in [1.165, 1.54) is 11.1 Å². The van der Waals surface area contributed by atoms with Gasteiger partial charge in [0.05, 0.1) is 11.9 Å². The quantitative estimate of drug-likeness (QED) is 0.291. The van der Waals surface area contributed by atoms with Crippen LogP contribution in [0, 0.1) is 0 Å². The topological polar surface area (TPSA) is 87.9 Å². The Morgan fingerprint density at radius 3 is 2.33 bits per heavy atom. The number of nitrogens with zero attached hydrogens (tertiary/aromatic N) is 7. The highest BCUT2D eigenvalue weighted by atomic mass is 35.5. The van der Waals surface area contributed by atoms with Crippen LogP contribution in [0.3, 0.4) is 0 Å². The summed E-state index contributed by atoms with van der Waals surface area (Å²) in [5.41, 5.74) is 7.72. The number of benzene rings is 2. The maximum atomic E-state index is 4.99. The lowest BCUT2D eigenvalue weighted by atomic mass is 9.96. The molecule has 2 aromatic carbocycles. The van der Waals surface area contributed by atoms with Gasteiger partial charge in [0.1, 0.15) is 5.82 Å². The second-order valence-electron chi connectivity index (χ2n) is 8.54. The van der Waals surface area contributed by atoms with Crippen molar-refractivity contribution in [3.8, 4) is 22.5 Å². The lowest BCUT2D eigenvalue weighted by molar-refractivity contribution is 0.768. The van der Waals surface area contributed by atoms with E-state index >= 15 is 0 Å². The maximum Gasteiger partial charge on any atom is 0.205 e. The predicted octanol–water partition coefficient (Wildman–Crippen LogP) is 5.39. The summed E-state index contributed by atoms with van der Waals surface area (Å²) in [6.45, 7) is 8.43. The summed E-state index contributed by atoms with van der Waals surface area (Å²) in [5.74, 6) is 1.75. The molecule has 186 valence electrons. The molecule has 0 amide bonds. The minimum absolute atomic E-state index is 0. The number of aromatic nitrogens is 7. The summed E-state index contributed by atoms with van der Waals surface area (Å²) in [7, 11) is 0. The molecule has 9 heteroatoms. The first-order valence-electron chi connectivity index (χ1n) is 12.3. The van der Waals surface area contributed by atoms with E-state index in [-0.39, 0.29) is 12.4 Å². The van der Waals surface area contributed by atoms with E-state index in [4.69, 9.17) is 4.98 Å². The molecule has 5 aromatic rings. The minimum atomic E-state index is 0. The molecule has 8 nitrogen and oxygen atoms in total. The lowest BCUT2D eigenvalue weighted by Gasteiger charge is -2.26. The molecule has 0 aliphatic rings. The molecule has 36 heavy (non-hydrogen) atoms. The van der Waals surface area contributed by atoms with Crippen LogP contribution in [0.1, 0.15) is 44.0 Å². The number of fused-ring (bicyclic) bond motifs is 1. The number of anilines is 1. The van der Waals surface area contributed by atoms with Crippen LogP contribution in [0.2, 0.25) is 0 Å². The second kappa shape index (κ2) is 11.3. The van der Waals surface area contributed by atoms with Crippen molar-refractivity contribution >= 4 is 23.9 Å². The fraction of sp³-hybridized carbons (Fsp3) is 0.296. The molecule has 3 aromatic heterocycles. The normalized spacial score (nSPS) is 11.0. The Bertz CT molecular complexity index is 1410. The molecule has 5 rings (SSSR count). The Kier molecular flexibility index (Phi) is 7.95. The van der Waals surface area contributed by atoms with Gasteiger partial charge in [0.2, 0.25) is 5.82 Å². The summed E-state index contributed by atoms with van der Waals surface area (Å²) in [4.78, 5) is 7.37. The van der Waals surface area contributed by atoms with E-state index in [9.17, 15) is 0 Å².